The molecule has 1 N–H and O–H groups in total. The van der Waals surface area contributed by atoms with E-state index in [1.807, 2.05) is 23.7 Å². The Morgan fingerprint density at radius 3 is 2.78 bits per heavy atom. The molecule has 0 unspecified atom stereocenters. The van der Waals surface area contributed by atoms with Gasteiger partial charge in [0.2, 0.25) is 0 Å². The fourth-order valence-corrected chi connectivity index (χ4v) is 1.58. The van der Waals surface area contributed by atoms with Crippen molar-refractivity contribution in [3.8, 4) is 0 Å². The van der Waals surface area contributed by atoms with Crippen molar-refractivity contribution in [1.29, 1.82) is 0 Å². The molecule has 0 aliphatic rings. The molecule has 18 heavy (non-hydrogen) atoms. The van der Waals surface area contributed by atoms with Crippen molar-refractivity contribution < 1.29 is 4.52 Å². The molecule has 0 saturated carbocycles. The van der Waals surface area contributed by atoms with Gasteiger partial charge in [-0.2, -0.15) is 5.10 Å². The number of nitrogens with zero attached hydrogens (tertiary/aromatic N) is 3. The van der Waals surface area contributed by atoms with E-state index in [9.17, 15) is 0 Å². The van der Waals surface area contributed by atoms with Crippen LogP contribution in [0.4, 0.5) is 0 Å². The summed E-state index contributed by atoms with van der Waals surface area (Å²) in [6, 6.07) is 3.94. The smallest absolute Gasteiger partial charge is 0.158 e. The third-order valence-corrected chi connectivity index (χ3v) is 2.64. The molecule has 0 bridgehead atoms. The van der Waals surface area contributed by atoms with E-state index < -0.39 is 0 Å². The third-order valence-electron chi connectivity index (χ3n) is 2.64. The topological polar surface area (TPSA) is 55.9 Å². The van der Waals surface area contributed by atoms with Crippen molar-refractivity contribution in [3.05, 3.63) is 35.5 Å². The van der Waals surface area contributed by atoms with Crippen LogP contribution >= 0.6 is 0 Å². The Bertz CT molecular complexity index is 507. The fourth-order valence-electron chi connectivity index (χ4n) is 1.58. The summed E-state index contributed by atoms with van der Waals surface area (Å²) in [5.74, 6) is 0.826. The lowest BCUT2D eigenvalue weighted by Crippen LogP contribution is -2.35. The lowest BCUT2D eigenvalue weighted by atomic mass is 10.1. The monoisotopic (exact) mass is 248 g/mol. The van der Waals surface area contributed by atoms with Gasteiger partial charge in [-0.15, -0.1) is 0 Å². The van der Waals surface area contributed by atoms with Gasteiger partial charge in [0, 0.05) is 30.0 Å². The molecule has 2 rings (SSSR count). The van der Waals surface area contributed by atoms with Crippen LogP contribution in [0, 0.1) is 6.92 Å². The molecule has 2 heterocycles. The summed E-state index contributed by atoms with van der Waals surface area (Å²) in [6.45, 7) is 9.74. The van der Waals surface area contributed by atoms with Crippen LogP contribution in [0.3, 0.4) is 0 Å². The molecule has 98 valence electrons. The second-order valence-electron chi connectivity index (χ2n) is 5.52. The van der Waals surface area contributed by atoms with Crippen molar-refractivity contribution >= 4 is 0 Å². The second kappa shape index (κ2) is 4.94. The summed E-state index contributed by atoms with van der Waals surface area (Å²) in [5.41, 5.74) is 2.11. The van der Waals surface area contributed by atoms with Crippen molar-refractivity contribution in [1.82, 2.24) is 20.3 Å². The molecule has 2 aromatic heterocycles. The zero-order chi connectivity index (χ0) is 13.2. The molecule has 0 atom stereocenters. The standard InChI is InChI=1S/C13H20N4O/c1-10-5-6-15-17(10)9-12-7-11(16-18-12)8-14-13(2,3)4/h5-7,14H,8-9H2,1-4H3. The summed E-state index contributed by atoms with van der Waals surface area (Å²) >= 11 is 0. The van der Waals surface area contributed by atoms with Gasteiger partial charge in [0.05, 0.1) is 5.69 Å². The first kappa shape index (κ1) is 12.8. The molecule has 0 aromatic carbocycles. The highest BCUT2D eigenvalue weighted by molar-refractivity contribution is 5.07. The van der Waals surface area contributed by atoms with E-state index >= 15 is 0 Å². The minimum atomic E-state index is 0.0810. The van der Waals surface area contributed by atoms with Gasteiger partial charge in [0.15, 0.2) is 5.76 Å². The lowest BCUT2D eigenvalue weighted by Gasteiger charge is -2.19. The second-order valence-corrected chi connectivity index (χ2v) is 5.52. The van der Waals surface area contributed by atoms with Gasteiger partial charge in [-0.05, 0) is 33.8 Å². The van der Waals surface area contributed by atoms with Crippen LogP contribution in [0.15, 0.2) is 22.9 Å². The number of nitrogens with one attached hydrogen (secondary N) is 1. The van der Waals surface area contributed by atoms with Gasteiger partial charge in [-0.25, -0.2) is 0 Å². The predicted molar refractivity (Wildman–Crippen MR) is 69.2 cm³/mol. The number of aryl methyl sites for hydroxylation is 1. The quantitative estimate of drug-likeness (QED) is 0.900. The first-order valence-corrected chi connectivity index (χ1v) is 6.12. The van der Waals surface area contributed by atoms with Crippen molar-refractivity contribution in [2.24, 2.45) is 0 Å². The molecule has 0 radical (unpaired) electrons. The molecule has 0 amide bonds. The summed E-state index contributed by atoms with van der Waals surface area (Å²) in [7, 11) is 0. The Morgan fingerprint density at radius 1 is 1.39 bits per heavy atom. The molecular formula is C13H20N4O. The van der Waals surface area contributed by atoms with Gasteiger partial charge in [-0.3, -0.25) is 4.68 Å². The van der Waals surface area contributed by atoms with Crippen LogP contribution in [0.2, 0.25) is 0 Å². The van der Waals surface area contributed by atoms with Gasteiger partial charge in [-0.1, -0.05) is 5.16 Å². The normalized spacial score (nSPS) is 12.0. The Labute approximate surface area is 107 Å². The molecule has 0 aliphatic heterocycles. The van der Waals surface area contributed by atoms with Crippen molar-refractivity contribution in [2.45, 2.75) is 46.3 Å². The molecule has 0 fully saturated rings. The first-order chi connectivity index (χ1) is 8.44. The van der Waals surface area contributed by atoms with Gasteiger partial charge in [0.25, 0.3) is 0 Å². The number of aromatic nitrogens is 3. The van der Waals surface area contributed by atoms with E-state index in [0.29, 0.717) is 13.1 Å². The Hall–Kier alpha value is -1.62. The minimum absolute atomic E-state index is 0.0810. The summed E-state index contributed by atoms with van der Waals surface area (Å²) in [6.07, 6.45) is 1.79. The highest BCUT2D eigenvalue weighted by Crippen LogP contribution is 2.08. The molecule has 0 aliphatic carbocycles. The SMILES string of the molecule is Cc1ccnn1Cc1cc(CNC(C)(C)C)no1. The first-order valence-electron chi connectivity index (χ1n) is 6.12. The Kier molecular flexibility index (Phi) is 3.52. The van der Waals surface area contributed by atoms with E-state index in [1.165, 1.54) is 0 Å². The zero-order valence-corrected chi connectivity index (χ0v) is 11.4. The summed E-state index contributed by atoms with van der Waals surface area (Å²) in [5, 5.41) is 11.6. The van der Waals surface area contributed by atoms with Gasteiger partial charge in [0.1, 0.15) is 6.54 Å². The number of rotatable bonds is 4. The maximum absolute atomic E-state index is 5.31. The highest BCUT2D eigenvalue weighted by atomic mass is 16.5. The third kappa shape index (κ3) is 3.43. The number of hydrogen-bond donors (Lipinski definition) is 1. The fraction of sp³-hybridized carbons (Fsp3) is 0.538. The molecule has 2 aromatic rings. The van der Waals surface area contributed by atoms with Gasteiger partial charge >= 0.3 is 0 Å². The molecule has 5 nitrogen and oxygen atoms in total. The van der Waals surface area contributed by atoms with Crippen LogP contribution < -0.4 is 5.32 Å². The van der Waals surface area contributed by atoms with Crippen molar-refractivity contribution in [2.75, 3.05) is 0 Å². The lowest BCUT2D eigenvalue weighted by molar-refractivity contribution is 0.356. The predicted octanol–water partition coefficient (Wildman–Crippen LogP) is 2.12. The summed E-state index contributed by atoms with van der Waals surface area (Å²) in [4.78, 5) is 0. The maximum atomic E-state index is 5.31. The summed E-state index contributed by atoms with van der Waals surface area (Å²) < 4.78 is 7.20. The van der Waals surface area contributed by atoms with Crippen LogP contribution in [0.1, 0.15) is 37.9 Å². The molecule has 0 saturated heterocycles. The van der Waals surface area contributed by atoms with E-state index in [4.69, 9.17) is 4.52 Å². The van der Waals surface area contributed by atoms with Crippen LogP contribution in [-0.4, -0.2) is 20.5 Å². The zero-order valence-electron chi connectivity index (χ0n) is 11.4. The maximum Gasteiger partial charge on any atom is 0.158 e. The molecular weight excluding hydrogens is 228 g/mol. The minimum Gasteiger partial charge on any atom is -0.359 e. The van der Waals surface area contributed by atoms with Crippen molar-refractivity contribution in [3.63, 3.8) is 0 Å². The van der Waals surface area contributed by atoms with Gasteiger partial charge < -0.3 is 9.84 Å². The van der Waals surface area contributed by atoms with E-state index in [2.05, 4.69) is 36.3 Å². The van der Waals surface area contributed by atoms with Crippen LogP contribution in [0.5, 0.6) is 0 Å². The Morgan fingerprint density at radius 2 is 2.17 bits per heavy atom. The molecule has 5 heteroatoms. The molecule has 0 spiro atoms. The Balaban J connectivity index is 1.96. The number of hydrogen-bond acceptors (Lipinski definition) is 4. The van der Waals surface area contributed by atoms with E-state index in [-0.39, 0.29) is 5.54 Å². The van der Waals surface area contributed by atoms with E-state index in [1.54, 1.807) is 6.20 Å². The average Bonchev–Trinajstić information content (AvgIpc) is 2.86. The van der Waals surface area contributed by atoms with Crippen LogP contribution in [0.25, 0.3) is 0 Å². The highest BCUT2D eigenvalue weighted by Gasteiger charge is 2.11. The van der Waals surface area contributed by atoms with Crippen LogP contribution in [-0.2, 0) is 13.1 Å². The average molecular weight is 248 g/mol. The van der Waals surface area contributed by atoms with E-state index in [0.717, 1.165) is 17.1 Å². The largest absolute Gasteiger partial charge is 0.359 e.